The summed E-state index contributed by atoms with van der Waals surface area (Å²) in [6.07, 6.45) is 2.20. The number of carbonyl (C=O) groups excluding carboxylic acids is 1. The van der Waals surface area contributed by atoms with Gasteiger partial charge in [-0.3, -0.25) is 4.79 Å². The maximum atomic E-state index is 11.1. The summed E-state index contributed by atoms with van der Waals surface area (Å²) in [6, 6.07) is 0. The third kappa shape index (κ3) is 5.14. The highest BCUT2D eigenvalue weighted by Crippen LogP contribution is 2.10. The van der Waals surface area contributed by atoms with Gasteiger partial charge in [0.25, 0.3) is 0 Å². The minimum absolute atomic E-state index is 0.161. The van der Waals surface area contributed by atoms with Gasteiger partial charge in [0.15, 0.2) is 0 Å². The smallest absolute Gasteiger partial charge is 0.248 e. The lowest BCUT2D eigenvalue weighted by atomic mass is 10.2. The predicted molar refractivity (Wildman–Crippen MR) is 59.7 cm³/mol. The Morgan fingerprint density at radius 3 is 2.73 bits per heavy atom. The van der Waals surface area contributed by atoms with Crippen LogP contribution in [0, 0.1) is 0 Å². The van der Waals surface area contributed by atoms with E-state index in [-0.39, 0.29) is 12.0 Å². The van der Waals surface area contributed by atoms with E-state index >= 15 is 0 Å². The van der Waals surface area contributed by atoms with Crippen LogP contribution in [0.25, 0.3) is 0 Å². The molecule has 1 saturated heterocycles. The highest BCUT2D eigenvalue weighted by Gasteiger charge is 2.22. The van der Waals surface area contributed by atoms with Crippen LogP contribution in [0.3, 0.4) is 0 Å². The van der Waals surface area contributed by atoms with Crippen molar-refractivity contribution < 1.29 is 14.6 Å². The molecule has 4 heteroatoms. The number of carbonyl (C=O) groups is 1. The van der Waals surface area contributed by atoms with E-state index in [1.165, 1.54) is 0 Å². The number of hydrogen-bond acceptors (Lipinski definition) is 3. The van der Waals surface area contributed by atoms with Crippen LogP contribution in [-0.2, 0) is 9.53 Å². The summed E-state index contributed by atoms with van der Waals surface area (Å²) in [4.78, 5) is 12.8. The fourth-order valence-electron chi connectivity index (χ4n) is 1.54. The molecule has 1 N–H and O–H groups in total. The SMILES string of the molecule is CC.CCCC1CN(C(=O)CO)CCO1. The van der Waals surface area contributed by atoms with E-state index in [2.05, 4.69) is 6.92 Å². The van der Waals surface area contributed by atoms with Gasteiger partial charge in [0.2, 0.25) is 5.91 Å². The molecule has 1 unspecified atom stereocenters. The first-order valence-electron chi connectivity index (χ1n) is 5.78. The Labute approximate surface area is 92.2 Å². The van der Waals surface area contributed by atoms with E-state index in [4.69, 9.17) is 9.84 Å². The second-order valence-corrected chi connectivity index (χ2v) is 3.28. The first-order chi connectivity index (χ1) is 7.27. The lowest BCUT2D eigenvalue weighted by molar-refractivity contribution is -0.141. The zero-order valence-corrected chi connectivity index (χ0v) is 10.0. The van der Waals surface area contributed by atoms with Crippen LogP contribution in [-0.4, -0.2) is 48.3 Å². The largest absolute Gasteiger partial charge is 0.387 e. The van der Waals surface area contributed by atoms with Crippen LogP contribution in [0.1, 0.15) is 33.6 Å². The molecule has 0 saturated carbocycles. The predicted octanol–water partition coefficient (Wildman–Crippen LogP) is 1.03. The summed E-state index contributed by atoms with van der Waals surface area (Å²) < 4.78 is 5.47. The van der Waals surface area contributed by atoms with E-state index in [1.54, 1.807) is 4.90 Å². The van der Waals surface area contributed by atoms with Gasteiger partial charge in [-0.2, -0.15) is 0 Å². The number of aliphatic hydroxyl groups excluding tert-OH is 1. The molecule has 1 aliphatic heterocycles. The third-order valence-corrected chi connectivity index (χ3v) is 2.24. The molecule has 0 aliphatic carbocycles. The van der Waals surface area contributed by atoms with Crippen molar-refractivity contribution in [3.63, 3.8) is 0 Å². The first kappa shape index (κ1) is 14.4. The molecule has 1 heterocycles. The summed E-state index contributed by atoms with van der Waals surface area (Å²) in [6.45, 7) is 7.54. The summed E-state index contributed by atoms with van der Waals surface area (Å²) in [5.74, 6) is -0.190. The van der Waals surface area contributed by atoms with Crippen molar-refractivity contribution >= 4 is 5.91 Å². The van der Waals surface area contributed by atoms with Crippen molar-refractivity contribution in [2.24, 2.45) is 0 Å². The van der Waals surface area contributed by atoms with Crippen molar-refractivity contribution in [2.45, 2.75) is 39.7 Å². The van der Waals surface area contributed by atoms with Gasteiger partial charge in [0.05, 0.1) is 12.7 Å². The fraction of sp³-hybridized carbons (Fsp3) is 0.909. The lowest BCUT2D eigenvalue weighted by Crippen LogP contribution is -2.46. The summed E-state index contributed by atoms with van der Waals surface area (Å²) in [5.41, 5.74) is 0. The molecular weight excluding hydrogens is 194 g/mol. The van der Waals surface area contributed by atoms with Crippen LogP contribution in [0.2, 0.25) is 0 Å². The summed E-state index contributed by atoms with van der Waals surface area (Å²) >= 11 is 0. The van der Waals surface area contributed by atoms with Gasteiger partial charge in [0.1, 0.15) is 6.61 Å². The van der Waals surface area contributed by atoms with Crippen molar-refractivity contribution in [1.82, 2.24) is 4.90 Å². The van der Waals surface area contributed by atoms with Crippen molar-refractivity contribution in [3.05, 3.63) is 0 Å². The molecule has 0 radical (unpaired) electrons. The van der Waals surface area contributed by atoms with Crippen LogP contribution in [0.15, 0.2) is 0 Å². The van der Waals surface area contributed by atoms with Crippen LogP contribution >= 0.6 is 0 Å². The van der Waals surface area contributed by atoms with E-state index in [0.29, 0.717) is 19.7 Å². The Hall–Kier alpha value is -0.610. The fourth-order valence-corrected chi connectivity index (χ4v) is 1.54. The average molecular weight is 217 g/mol. The normalized spacial score (nSPS) is 20.5. The lowest BCUT2D eigenvalue weighted by Gasteiger charge is -2.32. The minimum atomic E-state index is -0.390. The zero-order valence-electron chi connectivity index (χ0n) is 10.0. The number of nitrogens with zero attached hydrogens (tertiary/aromatic N) is 1. The monoisotopic (exact) mass is 217 g/mol. The molecule has 0 spiro atoms. The number of ether oxygens (including phenoxy) is 1. The van der Waals surface area contributed by atoms with Gasteiger partial charge in [-0.15, -0.1) is 0 Å². The van der Waals surface area contributed by atoms with E-state index in [9.17, 15) is 4.79 Å². The molecule has 1 amide bonds. The molecule has 0 aromatic carbocycles. The average Bonchev–Trinajstić information content (AvgIpc) is 2.31. The van der Waals surface area contributed by atoms with Gasteiger partial charge in [-0.1, -0.05) is 27.2 Å². The van der Waals surface area contributed by atoms with Gasteiger partial charge >= 0.3 is 0 Å². The first-order valence-corrected chi connectivity index (χ1v) is 5.78. The maximum absolute atomic E-state index is 11.1. The number of morpholine rings is 1. The molecule has 1 aliphatic rings. The molecule has 1 atom stereocenters. The molecule has 1 rings (SSSR count). The number of rotatable bonds is 3. The Morgan fingerprint density at radius 2 is 2.20 bits per heavy atom. The van der Waals surface area contributed by atoms with Gasteiger partial charge in [-0.25, -0.2) is 0 Å². The summed E-state index contributed by atoms with van der Waals surface area (Å²) in [5, 5.41) is 8.67. The Balaban J connectivity index is 0.000000921. The second kappa shape index (κ2) is 8.68. The Bertz CT molecular complexity index is 171. The number of amides is 1. The minimum Gasteiger partial charge on any atom is -0.387 e. The van der Waals surface area contributed by atoms with Gasteiger partial charge in [0, 0.05) is 13.1 Å². The standard InChI is InChI=1S/C9H17NO3.C2H6/c1-2-3-8-6-10(4-5-13-8)9(12)7-11;1-2/h8,11H,2-7H2,1H3;1-2H3. The van der Waals surface area contributed by atoms with Crippen molar-refractivity contribution in [2.75, 3.05) is 26.3 Å². The molecule has 0 aromatic rings. The molecule has 4 nitrogen and oxygen atoms in total. The van der Waals surface area contributed by atoms with Crippen molar-refractivity contribution in [3.8, 4) is 0 Å². The third-order valence-electron chi connectivity index (χ3n) is 2.24. The number of aliphatic hydroxyl groups is 1. The molecule has 1 fully saturated rings. The topological polar surface area (TPSA) is 49.8 Å². The molecule has 0 aromatic heterocycles. The molecule has 15 heavy (non-hydrogen) atoms. The quantitative estimate of drug-likeness (QED) is 0.768. The van der Waals surface area contributed by atoms with Gasteiger partial charge < -0.3 is 14.7 Å². The maximum Gasteiger partial charge on any atom is 0.248 e. The van der Waals surface area contributed by atoms with Crippen LogP contribution < -0.4 is 0 Å². The Kier molecular flexibility index (Phi) is 8.33. The van der Waals surface area contributed by atoms with E-state index < -0.39 is 6.61 Å². The summed E-state index contributed by atoms with van der Waals surface area (Å²) in [7, 11) is 0. The van der Waals surface area contributed by atoms with Crippen LogP contribution in [0.4, 0.5) is 0 Å². The molecular formula is C11H23NO3. The highest BCUT2D eigenvalue weighted by molar-refractivity contribution is 5.77. The van der Waals surface area contributed by atoms with Crippen LogP contribution in [0.5, 0.6) is 0 Å². The molecule has 90 valence electrons. The second-order valence-electron chi connectivity index (χ2n) is 3.28. The van der Waals surface area contributed by atoms with Crippen molar-refractivity contribution in [1.29, 1.82) is 0 Å². The van der Waals surface area contributed by atoms with Gasteiger partial charge in [-0.05, 0) is 6.42 Å². The highest BCUT2D eigenvalue weighted by atomic mass is 16.5. The van der Waals surface area contributed by atoms with E-state index in [0.717, 1.165) is 12.8 Å². The number of hydrogen-bond donors (Lipinski definition) is 1. The molecule has 0 bridgehead atoms. The Morgan fingerprint density at radius 1 is 1.53 bits per heavy atom. The zero-order chi connectivity index (χ0) is 11.7. The van der Waals surface area contributed by atoms with E-state index in [1.807, 2.05) is 13.8 Å².